The number of hydrogen-bond donors (Lipinski definition) is 1. The number of aliphatic imine (C=N–C) groups is 1. The van der Waals surface area contributed by atoms with Gasteiger partial charge in [0.2, 0.25) is 0 Å². The third-order valence-corrected chi connectivity index (χ3v) is 4.98. The first kappa shape index (κ1) is 28.5. The molecule has 0 radical (unpaired) electrons. The van der Waals surface area contributed by atoms with E-state index in [0.29, 0.717) is 33.7 Å². The van der Waals surface area contributed by atoms with Crippen molar-refractivity contribution in [2.24, 2.45) is 10.1 Å². The standard InChI is InChI=1S/C19H15ClFN3.C8H10F3N/c1-2-23-24-19-11-16(13-7-9-14(20)10-8-13)17(12-22-19)15-5-3-4-6-18(15)21;1-4-6(3)12-7(5-2)8(9,10)11/h2-12H,1H3,(H,22,24);4-5H,2H2,1,3H3/b23-2+;6-4-,12-7?. The van der Waals surface area contributed by atoms with Gasteiger partial charge in [0.25, 0.3) is 0 Å². The van der Waals surface area contributed by atoms with Crippen molar-refractivity contribution in [3.8, 4) is 22.3 Å². The van der Waals surface area contributed by atoms with Crippen LogP contribution in [-0.4, -0.2) is 23.1 Å². The second-order valence-corrected chi connectivity index (χ2v) is 7.67. The number of nitrogens with one attached hydrogen (secondary N) is 1. The number of alkyl halides is 3. The Morgan fingerprint density at radius 3 is 2.25 bits per heavy atom. The van der Waals surface area contributed by atoms with Crippen molar-refractivity contribution >= 4 is 29.3 Å². The number of pyridine rings is 1. The van der Waals surface area contributed by atoms with E-state index in [2.05, 4.69) is 27.1 Å². The molecule has 1 aromatic heterocycles. The first-order valence-electron chi connectivity index (χ1n) is 10.8. The van der Waals surface area contributed by atoms with E-state index in [9.17, 15) is 17.6 Å². The van der Waals surface area contributed by atoms with Crippen LogP contribution in [0.1, 0.15) is 20.8 Å². The van der Waals surface area contributed by atoms with Gasteiger partial charge >= 0.3 is 6.18 Å². The van der Waals surface area contributed by atoms with Gasteiger partial charge in [-0.3, -0.25) is 5.43 Å². The molecule has 1 N–H and O–H groups in total. The molecule has 4 nitrogen and oxygen atoms in total. The van der Waals surface area contributed by atoms with Crippen molar-refractivity contribution in [3.63, 3.8) is 0 Å². The van der Waals surface area contributed by atoms with E-state index >= 15 is 0 Å². The number of hydrogen-bond acceptors (Lipinski definition) is 4. The Bertz CT molecular complexity index is 1260. The third-order valence-electron chi connectivity index (χ3n) is 4.73. The van der Waals surface area contributed by atoms with Crippen molar-refractivity contribution in [1.29, 1.82) is 0 Å². The molecule has 0 saturated heterocycles. The number of allylic oxidation sites excluding steroid dienone is 3. The molecule has 1 heterocycles. The van der Waals surface area contributed by atoms with Gasteiger partial charge in [-0.15, -0.1) is 0 Å². The summed E-state index contributed by atoms with van der Waals surface area (Å²) in [7, 11) is 0. The summed E-state index contributed by atoms with van der Waals surface area (Å²) < 4.78 is 50.2. The Morgan fingerprint density at radius 1 is 1.03 bits per heavy atom. The zero-order valence-electron chi connectivity index (χ0n) is 19.9. The van der Waals surface area contributed by atoms with Crippen LogP contribution in [0.25, 0.3) is 22.3 Å². The van der Waals surface area contributed by atoms with Crippen molar-refractivity contribution in [2.45, 2.75) is 26.9 Å². The van der Waals surface area contributed by atoms with Crippen LogP contribution >= 0.6 is 11.6 Å². The molecule has 0 bridgehead atoms. The molecule has 0 fully saturated rings. The Hall–Kier alpha value is -3.78. The monoisotopic (exact) mass is 516 g/mol. The lowest BCUT2D eigenvalue weighted by Crippen LogP contribution is -2.20. The van der Waals surface area contributed by atoms with E-state index in [1.54, 1.807) is 56.6 Å². The van der Waals surface area contributed by atoms with Gasteiger partial charge in [0.15, 0.2) is 0 Å². The summed E-state index contributed by atoms with van der Waals surface area (Å²) in [5, 5.41) is 4.63. The van der Waals surface area contributed by atoms with Gasteiger partial charge in [-0.05, 0) is 62.2 Å². The van der Waals surface area contributed by atoms with Crippen LogP contribution in [0, 0.1) is 5.82 Å². The van der Waals surface area contributed by atoms with Gasteiger partial charge < -0.3 is 0 Å². The van der Waals surface area contributed by atoms with E-state index < -0.39 is 11.9 Å². The van der Waals surface area contributed by atoms with Gasteiger partial charge in [-0.25, -0.2) is 14.4 Å². The van der Waals surface area contributed by atoms with E-state index in [1.165, 1.54) is 19.1 Å². The van der Waals surface area contributed by atoms with Gasteiger partial charge in [0.05, 0.1) is 0 Å². The molecule has 0 atom stereocenters. The average Bonchev–Trinajstić information content (AvgIpc) is 2.86. The normalized spacial score (nSPS) is 12.2. The van der Waals surface area contributed by atoms with Crippen LogP contribution in [0.2, 0.25) is 5.02 Å². The molecular formula is C27H25ClF4N4. The molecular weight excluding hydrogens is 492 g/mol. The lowest BCUT2D eigenvalue weighted by molar-refractivity contribution is -0.0577. The SMILES string of the molecule is C/C=N/Nc1cc(-c2ccc(Cl)cc2)c(-c2ccccc2F)cn1.C=CC(=N/C(C)=C\C)C(F)(F)F. The third kappa shape index (κ3) is 8.16. The summed E-state index contributed by atoms with van der Waals surface area (Å²) in [5.74, 6) is 0.292. The number of benzene rings is 2. The molecule has 3 aromatic rings. The number of halogens is 5. The minimum atomic E-state index is -4.41. The first-order valence-corrected chi connectivity index (χ1v) is 11.1. The molecule has 188 valence electrons. The zero-order chi connectivity index (χ0) is 26.7. The molecule has 2 aromatic carbocycles. The van der Waals surface area contributed by atoms with Crippen LogP contribution in [-0.2, 0) is 0 Å². The number of nitrogens with zero attached hydrogens (tertiary/aromatic N) is 3. The number of rotatable bonds is 6. The quantitative estimate of drug-likeness (QED) is 0.202. The highest BCUT2D eigenvalue weighted by Crippen LogP contribution is 2.35. The van der Waals surface area contributed by atoms with E-state index in [-0.39, 0.29) is 5.82 Å². The van der Waals surface area contributed by atoms with Crippen LogP contribution in [0.5, 0.6) is 0 Å². The Balaban J connectivity index is 0.000000324. The predicted octanol–water partition coefficient (Wildman–Crippen LogP) is 8.73. The topological polar surface area (TPSA) is 49.6 Å². The summed E-state index contributed by atoms with van der Waals surface area (Å²) in [6, 6.07) is 15.9. The first-order chi connectivity index (χ1) is 17.1. The van der Waals surface area contributed by atoms with Crippen molar-refractivity contribution in [2.75, 3.05) is 5.43 Å². The maximum Gasteiger partial charge on any atom is 0.433 e. The van der Waals surface area contributed by atoms with E-state index in [1.807, 2.05) is 18.2 Å². The molecule has 9 heteroatoms. The molecule has 36 heavy (non-hydrogen) atoms. The fraction of sp³-hybridized carbons (Fsp3) is 0.148. The fourth-order valence-corrected chi connectivity index (χ4v) is 3.02. The van der Waals surface area contributed by atoms with Gasteiger partial charge in [-0.1, -0.05) is 54.6 Å². The van der Waals surface area contributed by atoms with Crippen molar-refractivity contribution < 1.29 is 17.6 Å². The van der Waals surface area contributed by atoms with Crippen LogP contribution in [0.3, 0.4) is 0 Å². The molecule has 0 aliphatic heterocycles. The largest absolute Gasteiger partial charge is 0.433 e. The van der Waals surface area contributed by atoms with Crippen molar-refractivity contribution in [1.82, 2.24) is 4.98 Å². The summed E-state index contributed by atoms with van der Waals surface area (Å²) >= 11 is 5.98. The van der Waals surface area contributed by atoms with Gasteiger partial charge in [0, 0.05) is 34.3 Å². The molecule has 0 amide bonds. The molecule has 0 aliphatic carbocycles. The minimum absolute atomic E-state index is 0.290. The van der Waals surface area contributed by atoms with E-state index in [4.69, 9.17) is 11.6 Å². The summed E-state index contributed by atoms with van der Waals surface area (Å²) in [6.45, 7) is 7.96. The van der Waals surface area contributed by atoms with Gasteiger partial charge in [0.1, 0.15) is 17.3 Å². The molecule has 0 aliphatic rings. The smallest absolute Gasteiger partial charge is 0.262 e. The van der Waals surface area contributed by atoms with Gasteiger partial charge in [-0.2, -0.15) is 18.3 Å². The summed E-state index contributed by atoms with van der Waals surface area (Å²) in [6.07, 6.45) is 1.07. The summed E-state index contributed by atoms with van der Waals surface area (Å²) in [4.78, 5) is 7.64. The summed E-state index contributed by atoms with van der Waals surface area (Å²) in [5.41, 5.74) is 5.19. The zero-order valence-corrected chi connectivity index (χ0v) is 20.7. The number of anilines is 1. The predicted molar refractivity (Wildman–Crippen MR) is 141 cm³/mol. The Labute approximate surface area is 212 Å². The number of aromatic nitrogens is 1. The van der Waals surface area contributed by atoms with Crippen LogP contribution in [0.15, 0.2) is 95.3 Å². The second kappa shape index (κ2) is 13.3. The van der Waals surface area contributed by atoms with E-state index in [0.717, 1.165) is 11.1 Å². The second-order valence-electron chi connectivity index (χ2n) is 7.23. The molecule has 0 spiro atoms. The van der Waals surface area contributed by atoms with Crippen LogP contribution in [0.4, 0.5) is 23.4 Å². The van der Waals surface area contributed by atoms with Crippen molar-refractivity contribution in [3.05, 3.63) is 96.1 Å². The fourth-order valence-electron chi connectivity index (χ4n) is 2.89. The lowest BCUT2D eigenvalue weighted by Gasteiger charge is -2.12. The maximum absolute atomic E-state index is 14.3. The highest BCUT2D eigenvalue weighted by atomic mass is 35.5. The molecule has 3 rings (SSSR count). The lowest BCUT2D eigenvalue weighted by atomic mass is 9.96. The minimum Gasteiger partial charge on any atom is -0.262 e. The highest BCUT2D eigenvalue weighted by molar-refractivity contribution is 6.30. The highest BCUT2D eigenvalue weighted by Gasteiger charge is 2.33. The van der Waals surface area contributed by atoms with Crippen LogP contribution < -0.4 is 5.43 Å². The Morgan fingerprint density at radius 2 is 1.69 bits per heavy atom. The molecule has 0 saturated carbocycles. The Kier molecular flexibility index (Phi) is 10.5. The maximum atomic E-state index is 14.3. The number of hydrazone groups is 1. The molecule has 0 unspecified atom stereocenters. The average molecular weight is 517 g/mol.